The van der Waals surface area contributed by atoms with Crippen LogP contribution in [0.1, 0.15) is 11.5 Å². The van der Waals surface area contributed by atoms with E-state index in [-0.39, 0.29) is 0 Å². The number of hydrogen-bond donors (Lipinski definition) is 2. The zero-order valence-electron chi connectivity index (χ0n) is 9.28. The molecule has 0 saturated heterocycles. The Hall–Kier alpha value is -0.900. The summed E-state index contributed by atoms with van der Waals surface area (Å²) in [5.74, 6) is 0.392. The Morgan fingerprint density at radius 2 is 2.07 bits per heavy atom. The summed E-state index contributed by atoms with van der Waals surface area (Å²) in [6, 6.07) is 10.4. The molecule has 0 heterocycles. The molecule has 0 aliphatic rings. The average Bonchev–Trinajstić information content (AvgIpc) is 2.30. The Morgan fingerprint density at radius 3 is 2.67 bits per heavy atom. The number of benzene rings is 1. The van der Waals surface area contributed by atoms with Crippen molar-refractivity contribution in [2.75, 3.05) is 33.4 Å². The van der Waals surface area contributed by atoms with E-state index in [2.05, 4.69) is 17.4 Å². The third kappa shape index (κ3) is 4.42. The average molecular weight is 208 g/mol. The number of methoxy groups -OCH3 is 1. The van der Waals surface area contributed by atoms with Crippen molar-refractivity contribution >= 4 is 0 Å². The fraction of sp³-hybridized carbons (Fsp3) is 0.500. The molecule has 1 atom stereocenters. The predicted octanol–water partition coefficient (Wildman–Crippen LogP) is 0.965. The highest BCUT2D eigenvalue weighted by atomic mass is 16.5. The largest absolute Gasteiger partial charge is 0.383 e. The maximum atomic E-state index is 5.75. The third-order valence-electron chi connectivity index (χ3n) is 2.43. The van der Waals surface area contributed by atoms with Gasteiger partial charge >= 0.3 is 0 Å². The zero-order valence-corrected chi connectivity index (χ0v) is 9.28. The van der Waals surface area contributed by atoms with Crippen LogP contribution in [0.5, 0.6) is 0 Å². The zero-order chi connectivity index (χ0) is 10.9. The first kappa shape index (κ1) is 12.2. The minimum atomic E-state index is 0.392. The summed E-state index contributed by atoms with van der Waals surface area (Å²) in [4.78, 5) is 0. The summed E-state index contributed by atoms with van der Waals surface area (Å²) in [5, 5.41) is 3.33. The Morgan fingerprint density at radius 1 is 1.33 bits per heavy atom. The Labute approximate surface area is 91.6 Å². The van der Waals surface area contributed by atoms with Crippen LogP contribution in [0, 0.1) is 0 Å². The van der Waals surface area contributed by atoms with E-state index in [0.29, 0.717) is 12.5 Å². The quantitative estimate of drug-likeness (QED) is 0.656. The van der Waals surface area contributed by atoms with Crippen LogP contribution in [0.2, 0.25) is 0 Å². The van der Waals surface area contributed by atoms with Crippen molar-refractivity contribution in [2.24, 2.45) is 5.73 Å². The highest BCUT2D eigenvalue weighted by molar-refractivity contribution is 5.20. The van der Waals surface area contributed by atoms with Gasteiger partial charge in [0.05, 0.1) is 6.61 Å². The Balaban J connectivity index is 2.36. The minimum Gasteiger partial charge on any atom is -0.383 e. The number of rotatable bonds is 7. The van der Waals surface area contributed by atoms with Gasteiger partial charge < -0.3 is 15.8 Å². The number of ether oxygens (including phenoxy) is 1. The van der Waals surface area contributed by atoms with Crippen LogP contribution in [0.3, 0.4) is 0 Å². The lowest BCUT2D eigenvalue weighted by atomic mass is 9.99. The SMILES string of the molecule is COCCNCC(CN)c1ccccc1. The van der Waals surface area contributed by atoms with Crippen LogP contribution >= 0.6 is 0 Å². The monoisotopic (exact) mass is 208 g/mol. The molecule has 1 aromatic rings. The Kier molecular flexibility index (Phi) is 6.00. The van der Waals surface area contributed by atoms with Crippen LogP contribution in [-0.2, 0) is 4.74 Å². The fourth-order valence-corrected chi connectivity index (χ4v) is 1.51. The van der Waals surface area contributed by atoms with E-state index < -0.39 is 0 Å². The van der Waals surface area contributed by atoms with Crippen LogP contribution in [0.15, 0.2) is 30.3 Å². The van der Waals surface area contributed by atoms with Gasteiger partial charge in [-0.3, -0.25) is 0 Å². The maximum absolute atomic E-state index is 5.75. The van der Waals surface area contributed by atoms with Gasteiger partial charge in [-0.2, -0.15) is 0 Å². The predicted molar refractivity (Wildman–Crippen MR) is 63.0 cm³/mol. The summed E-state index contributed by atoms with van der Waals surface area (Å²) in [6.07, 6.45) is 0. The van der Waals surface area contributed by atoms with Gasteiger partial charge in [0.1, 0.15) is 0 Å². The molecular weight excluding hydrogens is 188 g/mol. The second-order valence-electron chi connectivity index (χ2n) is 3.54. The van der Waals surface area contributed by atoms with Gasteiger partial charge in [0.25, 0.3) is 0 Å². The molecule has 0 aliphatic heterocycles. The van der Waals surface area contributed by atoms with Gasteiger partial charge in [-0.25, -0.2) is 0 Å². The van der Waals surface area contributed by atoms with Crippen molar-refractivity contribution in [3.05, 3.63) is 35.9 Å². The molecule has 3 heteroatoms. The van der Waals surface area contributed by atoms with Crippen molar-refractivity contribution < 1.29 is 4.74 Å². The van der Waals surface area contributed by atoms with E-state index in [0.717, 1.165) is 19.7 Å². The van der Waals surface area contributed by atoms with Crippen molar-refractivity contribution in [1.29, 1.82) is 0 Å². The summed E-state index contributed by atoms with van der Waals surface area (Å²) in [6.45, 7) is 3.19. The highest BCUT2D eigenvalue weighted by Crippen LogP contribution is 2.12. The van der Waals surface area contributed by atoms with Crippen molar-refractivity contribution in [3.8, 4) is 0 Å². The molecule has 0 aromatic heterocycles. The first-order valence-electron chi connectivity index (χ1n) is 5.33. The van der Waals surface area contributed by atoms with Gasteiger partial charge in [-0.05, 0) is 5.56 Å². The van der Waals surface area contributed by atoms with Gasteiger partial charge in [0.2, 0.25) is 0 Å². The topological polar surface area (TPSA) is 47.3 Å². The van der Waals surface area contributed by atoms with E-state index in [9.17, 15) is 0 Å². The highest BCUT2D eigenvalue weighted by Gasteiger charge is 2.07. The standard InChI is InChI=1S/C12H20N2O/c1-15-8-7-14-10-12(9-13)11-5-3-2-4-6-11/h2-6,12,14H,7-10,13H2,1H3. The van der Waals surface area contributed by atoms with E-state index in [1.165, 1.54) is 5.56 Å². The molecule has 3 nitrogen and oxygen atoms in total. The summed E-state index contributed by atoms with van der Waals surface area (Å²) in [7, 11) is 1.71. The molecule has 0 bridgehead atoms. The Bertz CT molecular complexity index is 251. The molecule has 0 aliphatic carbocycles. The van der Waals surface area contributed by atoms with Gasteiger partial charge in [-0.1, -0.05) is 30.3 Å². The summed E-state index contributed by atoms with van der Waals surface area (Å²) in [5.41, 5.74) is 7.04. The summed E-state index contributed by atoms with van der Waals surface area (Å²) >= 11 is 0. The normalized spacial score (nSPS) is 12.7. The molecule has 0 spiro atoms. The minimum absolute atomic E-state index is 0.392. The van der Waals surface area contributed by atoms with Crippen LogP contribution < -0.4 is 11.1 Å². The van der Waals surface area contributed by atoms with E-state index in [4.69, 9.17) is 10.5 Å². The molecule has 15 heavy (non-hydrogen) atoms. The summed E-state index contributed by atoms with van der Waals surface area (Å²) < 4.78 is 4.97. The molecular formula is C12H20N2O. The lowest BCUT2D eigenvalue weighted by molar-refractivity contribution is 0.199. The molecule has 0 amide bonds. The molecule has 1 unspecified atom stereocenters. The molecule has 1 aromatic carbocycles. The van der Waals surface area contributed by atoms with E-state index >= 15 is 0 Å². The van der Waals surface area contributed by atoms with Crippen molar-refractivity contribution in [1.82, 2.24) is 5.32 Å². The van der Waals surface area contributed by atoms with Crippen LogP contribution in [0.4, 0.5) is 0 Å². The number of hydrogen-bond acceptors (Lipinski definition) is 3. The molecule has 0 radical (unpaired) electrons. The third-order valence-corrected chi connectivity index (χ3v) is 2.43. The smallest absolute Gasteiger partial charge is 0.0587 e. The first-order chi connectivity index (χ1) is 7.38. The molecule has 0 saturated carbocycles. The van der Waals surface area contributed by atoms with Gasteiger partial charge in [-0.15, -0.1) is 0 Å². The van der Waals surface area contributed by atoms with Crippen molar-refractivity contribution in [3.63, 3.8) is 0 Å². The van der Waals surface area contributed by atoms with E-state index in [1.807, 2.05) is 18.2 Å². The van der Waals surface area contributed by atoms with Crippen LogP contribution in [0.25, 0.3) is 0 Å². The van der Waals surface area contributed by atoms with Crippen molar-refractivity contribution in [2.45, 2.75) is 5.92 Å². The number of nitrogens with two attached hydrogens (primary N) is 1. The van der Waals surface area contributed by atoms with Gasteiger partial charge in [0.15, 0.2) is 0 Å². The van der Waals surface area contributed by atoms with Gasteiger partial charge in [0, 0.05) is 32.7 Å². The lowest BCUT2D eigenvalue weighted by Crippen LogP contribution is -2.28. The molecule has 0 fully saturated rings. The fourth-order valence-electron chi connectivity index (χ4n) is 1.51. The number of nitrogens with one attached hydrogen (secondary N) is 1. The molecule has 84 valence electrons. The van der Waals surface area contributed by atoms with Crippen LogP contribution in [-0.4, -0.2) is 33.4 Å². The molecule has 3 N–H and O–H groups in total. The maximum Gasteiger partial charge on any atom is 0.0587 e. The lowest BCUT2D eigenvalue weighted by Gasteiger charge is -2.15. The van der Waals surface area contributed by atoms with E-state index in [1.54, 1.807) is 7.11 Å². The second-order valence-corrected chi connectivity index (χ2v) is 3.54. The second kappa shape index (κ2) is 7.40. The first-order valence-corrected chi connectivity index (χ1v) is 5.33. The molecule has 1 rings (SSSR count).